The lowest BCUT2D eigenvalue weighted by Crippen LogP contribution is -2.34. The summed E-state index contributed by atoms with van der Waals surface area (Å²) in [7, 11) is 0. The highest BCUT2D eigenvalue weighted by Gasteiger charge is 2.19. The summed E-state index contributed by atoms with van der Waals surface area (Å²) < 4.78 is 6.10. The fourth-order valence-electron chi connectivity index (χ4n) is 2.49. The fraction of sp³-hybridized carbons (Fsp3) is 0.190. The van der Waals surface area contributed by atoms with Gasteiger partial charge in [-0.05, 0) is 37.6 Å². The van der Waals surface area contributed by atoms with Crippen LogP contribution in [-0.4, -0.2) is 30.0 Å². The number of aryl methyl sites for hydroxylation is 1. The van der Waals surface area contributed by atoms with E-state index < -0.39 is 5.97 Å². The Morgan fingerprint density at radius 1 is 1.15 bits per heavy atom. The van der Waals surface area contributed by atoms with Gasteiger partial charge in [0.05, 0.1) is 10.2 Å². The maximum absolute atomic E-state index is 12.5. The van der Waals surface area contributed by atoms with Crippen LogP contribution in [0, 0.1) is 6.92 Å². The van der Waals surface area contributed by atoms with E-state index in [0.29, 0.717) is 11.7 Å². The molecule has 27 heavy (non-hydrogen) atoms. The van der Waals surface area contributed by atoms with E-state index in [1.165, 1.54) is 22.3 Å². The summed E-state index contributed by atoms with van der Waals surface area (Å²) >= 11 is 1.44. The molecule has 0 fully saturated rings. The third kappa shape index (κ3) is 4.80. The second-order valence-electron chi connectivity index (χ2n) is 5.95. The van der Waals surface area contributed by atoms with E-state index in [0.717, 1.165) is 21.3 Å². The molecule has 0 saturated heterocycles. The molecular formula is C21H20N2O3S. The van der Waals surface area contributed by atoms with Gasteiger partial charge in [-0.3, -0.25) is 9.69 Å². The minimum Gasteiger partial charge on any atom is -0.452 e. The van der Waals surface area contributed by atoms with Gasteiger partial charge in [0.1, 0.15) is 0 Å². The van der Waals surface area contributed by atoms with Gasteiger partial charge < -0.3 is 4.74 Å². The lowest BCUT2D eigenvalue weighted by atomic mass is 10.1. The standard InChI is InChI=1S/C21H20N2O3S/c1-3-23(21-22-17-6-4-5-7-18(17)27-21)19(24)14-26-20(25)13-12-16-10-8-15(2)9-11-16/h4-13H,3,14H2,1-2H3/b13-12+. The quantitative estimate of drug-likeness (QED) is 0.475. The first-order valence-electron chi connectivity index (χ1n) is 8.64. The molecule has 0 spiro atoms. The van der Waals surface area contributed by atoms with Crippen molar-refractivity contribution in [2.75, 3.05) is 18.1 Å². The molecule has 0 N–H and O–H groups in total. The Balaban J connectivity index is 1.59. The van der Waals surface area contributed by atoms with Gasteiger partial charge in [-0.15, -0.1) is 0 Å². The number of aromatic nitrogens is 1. The van der Waals surface area contributed by atoms with Crippen molar-refractivity contribution in [3.8, 4) is 0 Å². The van der Waals surface area contributed by atoms with E-state index in [2.05, 4.69) is 4.98 Å². The first kappa shape index (κ1) is 18.8. The van der Waals surface area contributed by atoms with Crippen molar-refractivity contribution >= 4 is 44.6 Å². The van der Waals surface area contributed by atoms with E-state index in [9.17, 15) is 9.59 Å². The summed E-state index contributed by atoms with van der Waals surface area (Å²) in [6.45, 7) is 4.00. The highest BCUT2D eigenvalue weighted by atomic mass is 32.1. The van der Waals surface area contributed by atoms with Crippen LogP contribution in [0.4, 0.5) is 5.13 Å². The summed E-state index contributed by atoms with van der Waals surface area (Å²) in [4.78, 5) is 30.4. The molecule has 138 valence electrons. The predicted octanol–water partition coefficient (Wildman–Crippen LogP) is 4.21. The Morgan fingerprint density at radius 3 is 2.59 bits per heavy atom. The zero-order chi connectivity index (χ0) is 19.2. The van der Waals surface area contributed by atoms with E-state index in [1.54, 1.807) is 6.08 Å². The summed E-state index contributed by atoms with van der Waals surface area (Å²) in [5, 5.41) is 0.606. The zero-order valence-corrected chi connectivity index (χ0v) is 16.0. The van der Waals surface area contributed by atoms with Crippen molar-refractivity contribution in [2.24, 2.45) is 0 Å². The second-order valence-corrected chi connectivity index (χ2v) is 6.96. The molecule has 2 aromatic carbocycles. The number of ether oxygens (including phenoxy) is 1. The number of carbonyl (C=O) groups excluding carboxylic acids is 2. The molecule has 0 aliphatic rings. The monoisotopic (exact) mass is 380 g/mol. The number of likely N-dealkylation sites (N-methyl/N-ethyl adjacent to an activating group) is 1. The third-order valence-electron chi connectivity index (χ3n) is 3.96. The van der Waals surface area contributed by atoms with Gasteiger partial charge in [-0.2, -0.15) is 0 Å². The molecular weight excluding hydrogens is 360 g/mol. The summed E-state index contributed by atoms with van der Waals surface area (Å²) in [6, 6.07) is 15.5. The van der Waals surface area contributed by atoms with E-state index in [4.69, 9.17) is 4.74 Å². The second kappa shape index (κ2) is 8.60. The van der Waals surface area contributed by atoms with Crippen molar-refractivity contribution in [2.45, 2.75) is 13.8 Å². The first-order chi connectivity index (χ1) is 13.1. The maximum atomic E-state index is 12.5. The number of rotatable bonds is 6. The Morgan fingerprint density at radius 2 is 1.89 bits per heavy atom. The van der Waals surface area contributed by atoms with Crippen LogP contribution >= 0.6 is 11.3 Å². The first-order valence-corrected chi connectivity index (χ1v) is 9.46. The molecule has 3 aromatic rings. The molecule has 1 heterocycles. The SMILES string of the molecule is CCN(C(=O)COC(=O)/C=C/c1ccc(C)cc1)c1nc2ccccc2s1. The van der Waals surface area contributed by atoms with E-state index in [-0.39, 0.29) is 12.5 Å². The number of esters is 1. The molecule has 0 unspecified atom stereocenters. The number of benzene rings is 2. The Labute approximate surface area is 161 Å². The Hall–Kier alpha value is -2.99. The molecule has 6 heteroatoms. The summed E-state index contributed by atoms with van der Waals surface area (Å²) in [5.41, 5.74) is 2.89. The number of para-hydroxylation sites is 1. The van der Waals surface area contributed by atoms with Gasteiger partial charge in [-0.1, -0.05) is 53.3 Å². The van der Waals surface area contributed by atoms with Gasteiger partial charge in [0, 0.05) is 12.6 Å². The number of fused-ring (bicyclic) bond motifs is 1. The van der Waals surface area contributed by atoms with Crippen molar-refractivity contribution in [3.05, 3.63) is 65.7 Å². The van der Waals surface area contributed by atoms with Gasteiger partial charge in [-0.25, -0.2) is 9.78 Å². The van der Waals surface area contributed by atoms with Crippen molar-refractivity contribution in [1.29, 1.82) is 0 Å². The smallest absolute Gasteiger partial charge is 0.331 e. The molecule has 1 aromatic heterocycles. The van der Waals surface area contributed by atoms with Crippen LogP contribution in [-0.2, 0) is 14.3 Å². The van der Waals surface area contributed by atoms with Crippen LogP contribution in [0.3, 0.4) is 0 Å². The van der Waals surface area contributed by atoms with Gasteiger partial charge in [0.25, 0.3) is 5.91 Å². The molecule has 0 aliphatic heterocycles. The minimum atomic E-state index is -0.552. The molecule has 1 amide bonds. The third-order valence-corrected chi connectivity index (χ3v) is 5.02. The Kier molecular flexibility index (Phi) is 5.98. The Bertz CT molecular complexity index is 944. The normalized spacial score (nSPS) is 11.0. The van der Waals surface area contributed by atoms with E-state index in [1.807, 2.05) is 62.4 Å². The lowest BCUT2D eigenvalue weighted by molar-refractivity contribution is -0.142. The van der Waals surface area contributed by atoms with Crippen LogP contribution < -0.4 is 4.90 Å². The molecule has 0 aliphatic carbocycles. The topological polar surface area (TPSA) is 59.5 Å². The van der Waals surface area contributed by atoms with Crippen molar-refractivity contribution < 1.29 is 14.3 Å². The predicted molar refractivity (Wildman–Crippen MR) is 109 cm³/mol. The summed E-state index contributed by atoms with van der Waals surface area (Å²) in [6.07, 6.45) is 2.99. The zero-order valence-electron chi connectivity index (χ0n) is 15.2. The van der Waals surface area contributed by atoms with Crippen molar-refractivity contribution in [3.63, 3.8) is 0 Å². The number of anilines is 1. The number of thiazole rings is 1. The molecule has 0 radical (unpaired) electrons. The molecule has 0 bridgehead atoms. The van der Waals surface area contributed by atoms with Gasteiger partial charge >= 0.3 is 5.97 Å². The number of nitrogens with zero attached hydrogens (tertiary/aromatic N) is 2. The average molecular weight is 380 g/mol. The molecule has 0 atom stereocenters. The fourth-order valence-corrected chi connectivity index (χ4v) is 3.54. The summed E-state index contributed by atoms with van der Waals surface area (Å²) in [5.74, 6) is -0.849. The maximum Gasteiger partial charge on any atom is 0.331 e. The highest BCUT2D eigenvalue weighted by molar-refractivity contribution is 7.22. The lowest BCUT2D eigenvalue weighted by Gasteiger charge is -2.17. The highest BCUT2D eigenvalue weighted by Crippen LogP contribution is 2.28. The molecule has 5 nitrogen and oxygen atoms in total. The number of carbonyl (C=O) groups is 2. The van der Waals surface area contributed by atoms with Gasteiger partial charge in [0.2, 0.25) is 0 Å². The number of amides is 1. The number of hydrogen-bond acceptors (Lipinski definition) is 5. The van der Waals surface area contributed by atoms with Crippen LogP contribution in [0.5, 0.6) is 0 Å². The minimum absolute atomic E-state index is 0.298. The number of hydrogen-bond donors (Lipinski definition) is 0. The van der Waals surface area contributed by atoms with Crippen LogP contribution in [0.1, 0.15) is 18.1 Å². The van der Waals surface area contributed by atoms with Crippen LogP contribution in [0.2, 0.25) is 0 Å². The van der Waals surface area contributed by atoms with Crippen molar-refractivity contribution in [1.82, 2.24) is 4.98 Å². The van der Waals surface area contributed by atoms with Crippen LogP contribution in [0.15, 0.2) is 54.6 Å². The van der Waals surface area contributed by atoms with E-state index >= 15 is 0 Å². The molecule has 0 saturated carbocycles. The molecule has 3 rings (SSSR count). The van der Waals surface area contributed by atoms with Crippen LogP contribution in [0.25, 0.3) is 16.3 Å². The largest absolute Gasteiger partial charge is 0.452 e. The van der Waals surface area contributed by atoms with Gasteiger partial charge in [0.15, 0.2) is 11.7 Å². The average Bonchev–Trinajstić information content (AvgIpc) is 3.10.